The molecule has 1 aromatic carbocycles. The molecule has 1 saturated heterocycles. The predicted octanol–water partition coefficient (Wildman–Crippen LogP) is 3.15. The van der Waals surface area contributed by atoms with E-state index in [1.807, 2.05) is 24.0 Å². The molecule has 1 aromatic rings. The molecule has 1 aliphatic rings. The first kappa shape index (κ1) is 16.0. The van der Waals surface area contributed by atoms with E-state index in [9.17, 15) is 4.79 Å². The van der Waals surface area contributed by atoms with E-state index < -0.39 is 0 Å². The van der Waals surface area contributed by atoms with Gasteiger partial charge in [0.1, 0.15) is 0 Å². The molecule has 2 atom stereocenters. The Morgan fingerprint density at radius 2 is 2.10 bits per heavy atom. The number of nitrogens with zero attached hydrogens (tertiary/aromatic N) is 1. The third-order valence-electron chi connectivity index (χ3n) is 4.62. The minimum Gasteiger partial charge on any atom is -0.338 e. The Kier molecular flexibility index (Phi) is 5.40. The van der Waals surface area contributed by atoms with Crippen molar-refractivity contribution < 1.29 is 4.79 Å². The van der Waals surface area contributed by atoms with Gasteiger partial charge in [0.15, 0.2) is 0 Å². The summed E-state index contributed by atoms with van der Waals surface area (Å²) in [6.45, 7) is 11.2. The summed E-state index contributed by atoms with van der Waals surface area (Å²) in [5, 5.41) is 3.57. The van der Waals surface area contributed by atoms with Crippen molar-refractivity contribution in [2.75, 3.05) is 19.6 Å². The van der Waals surface area contributed by atoms with Crippen LogP contribution in [0.5, 0.6) is 0 Å². The highest BCUT2D eigenvalue weighted by atomic mass is 16.2. The van der Waals surface area contributed by atoms with Crippen molar-refractivity contribution >= 4 is 5.91 Å². The minimum atomic E-state index is 0.195. The van der Waals surface area contributed by atoms with Crippen LogP contribution in [-0.4, -0.2) is 36.5 Å². The zero-order valence-corrected chi connectivity index (χ0v) is 13.8. The molecule has 1 N–H and O–H groups in total. The molecule has 0 spiro atoms. The van der Waals surface area contributed by atoms with Gasteiger partial charge in [0, 0.05) is 24.7 Å². The molecular weight excluding hydrogens is 260 g/mol. The molecule has 2 unspecified atom stereocenters. The van der Waals surface area contributed by atoms with Crippen molar-refractivity contribution in [1.82, 2.24) is 10.2 Å². The fourth-order valence-corrected chi connectivity index (χ4v) is 3.39. The standard InChI is InChI=1S/C18H28N2O/c1-5-15-12-20(10-9-17(15)19-6-2)18(21)16-8-7-13(3)11-14(16)4/h7-8,11,15,17,19H,5-6,9-10,12H2,1-4H3. The maximum Gasteiger partial charge on any atom is 0.254 e. The summed E-state index contributed by atoms with van der Waals surface area (Å²) in [7, 11) is 0. The zero-order valence-electron chi connectivity index (χ0n) is 13.8. The highest BCUT2D eigenvalue weighted by molar-refractivity contribution is 5.95. The largest absolute Gasteiger partial charge is 0.338 e. The molecule has 0 aromatic heterocycles. The average molecular weight is 288 g/mol. The molecule has 2 rings (SSSR count). The van der Waals surface area contributed by atoms with Crippen LogP contribution in [0.2, 0.25) is 0 Å². The predicted molar refractivity (Wildman–Crippen MR) is 87.7 cm³/mol. The van der Waals surface area contributed by atoms with E-state index in [1.54, 1.807) is 0 Å². The van der Waals surface area contributed by atoms with Crippen LogP contribution < -0.4 is 5.32 Å². The van der Waals surface area contributed by atoms with E-state index in [2.05, 4.69) is 32.2 Å². The quantitative estimate of drug-likeness (QED) is 0.923. The van der Waals surface area contributed by atoms with Crippen LogP contribution in [-0.2, 0) is 0 Å². The van der Waals surface area contributed by atoms with Crippen LogP contribution in [0.25, 0.3) is 0 Å². The van der Waals surface area contributed by atoms with Gasteiger partial charge in [0.25, 0.3) is 5.91 Å². The number of likely N-dealkylation sites (tertiary alicyclic amines) is 1. The number of carbonyl (C=O) groups excluding carboxylic acids is 1. The van der Waals surface area contributed by atoms with E-state index in [1.165, 1.54) is 5.56 Å². The van der Waals surface area contributed by atoms with Gasteiger partial charge in [0.05, 0.1) is 0 Å². The number of piperidine rings is 1. The fourth-order valence-electron chi connectivity index (χ4n) is 3.39. The van der Waals surface area contributed by atoms with Gasteiger partial charge in [-0.2, -0.15) is 0 Å². The molecule has 3 nitrogen and oxygen atoms in total. The Bertz CT molecular complexity index is 498. The summed E-state index contributed by atoms with van der Waals surface area (Å²) in [6, 6.07) is 6.66. The molecule has 116 valence electrons. The van der Waals surface area contributed by atoms with Crippen molar-refractivity contribution in [3.05, 3.63) is 34.9 Å². The number of hydrogen-bond acceptors (Lipinski definition) is 2. The summed E-state index contributed by atoms with van der Waals surface area (Å²) < 4.78 is 0. The highest BCUT2D eigenvalue weighted by Gasteiger charge is 2.30. The van der Waals surface area contributed by atoms with Crippen molar-refractivity contribution in [3.63, 3.8) is 0 Å². The summed E-state index contributed by atoms with van der Waals surface area (Å²) >= 11 is 0. The molecule has 0 saturated carbocycles. The smallest absolute Gasteiger partial charge is 0.254 e. The van der Waals surface area contributed by atoms with Gasteiger partial charge in [0.2, 0.25) is 0 Å². The van der Waals surface area contributed by atoms with Gasteiger partial charge in [-0.3, -0.25) is 4.79 Å². The van der Waals surface area contributed by atoms with Crippen molar-refractivity contribution in [3.8, 4) is 0 Å². The lowest BCUT2D eigenvalue weighted by molar-refractivity contribution is 0.0627. The third kappa shape index (κ3) is 3.65. The fraction of sp³-hybridized carbons (Fsp3) is 0.611. The number of amides is 1. The van der Waals surface area contributed by atoms with Crippen LogP contribution in [0.3, 0.4) is 0 Å². The molecular formula is C18H28N2O. The van der Waals surface area contributed by atoms with E-state index in [0.29, 0.717) is 12.0 Å². The molecule has 0 radical (unpaired) electrons. The molecule has 1 aliphatic heterocycles. The summed E-state index contributed by atoms with van der Waals surface area (Å²) in [6.07, 6.45) is 2.18. The van der Waals surface area contributed by atoms with Crippen LogP contribution in [0.15, 0.2) is 18.2 Å². The van der Waals surface area contributed by atoms with E-state index in [4.69, 9.17) is 0 Å². The number of hydrogen-bond donors (Lipinski definition) is 1. The molecule has 0 bridgehead atoms. The molecule has 0 aliphatic carbocycles. The monoisotopic (exact) mass is 288 g/mol. The topological polar surface area (TPSA) is 32.3 Å². The second-order valence-electron chi connectivity index (χ2n) is 6.19. The molecule has 21 heavy (non-hydrogen) atoms. The second kappa shape index (κ2) is 7.08. The summed E-state index contributed by atoms with van der Waals surface area (Å²) in [5.74, 6) is 0.759. The van der Waals surface area contributed by atoms with Gasteiger partial charge in [-0.25, -0.2) is 0 Å². The Labute approximate surface area is 128 Å². The van der Waals surface area contributed by atoms with Gasteiger partial charge >= 0.3 is 0 Å². The van der Waals surface area contributed by atoms with Crippen molar-refractivity contribution in [2.45, 2.75) is 46.6 Å². The third-order valence-corrected chi connectivity index (χ3v) is 4.62. The maximum absolute atomic E-state index is 12.8. The van der Waals surface area contributed by atoms with E-state index in [0.717, 1.165) is 43.6 Å². The molecule has 1 heterocycles. The Hall–Kier alpha value is -1.35. The zero-order chi connectivity index (χ0) is 15.4. The van der Waals surface area contributed by atoms with Gasteiger partial charge in [-0.05, 0) is 44.4 Å². The second-order valence-corrected chi connectivity index (χ2v) is 6.19. The number of nitrogens with one attached hydrogen (secondary N) is 1. The first-order valence-corrected chi connectivity index (χ1v) is 8.16. The number of benzene rings is 1. The number of aryl methyl sites for hydroxylation is 2. The van der Waals surface area contributed by atoms with Crippen LogP contribution in [0, 0.1) is 19.8 Å². The van der Waals surface area contributed by atoms with E-state index >= 15 is 0 Å². The average Bonchev–Trinajstić information content (AvgIpc) is 2.47. The maximum atomic E-state index is 12.8. The van der Waals surface area contributed by atoms with Gasteiger partial charge < -0.3 is 10.2 Å². The van der Waals surface area contributed by atoms with Crippen LogP contribution in [0.4, 0.5) is 0 Å². The van der Waals surface area contributed by atoms with Crippen LogP contribution >= 0.6 is 0 Å². The minimum absolute atomic E-state index is 0.195. The summed E-state index contributed by atoms with van der Waals surface area (Å²) in [5.41, 5.74) is 3.15. The molecule has 1 amide bonds. The van der Waals surface area contributed by atoms with Crippen molar-refractivity contribution in [1.29, 1.82) is 0 Å². The number of carbonyl (C=O) groups is 1. The Morgan fingerprint density at radius 1 is 1.33 bits per heavy atom. The number of rotatable bonds is 4. The lowest BCUT2D eigenvalue weighted by Gasteiger charge is -2.39. The Morgan fingerprint density at radius 3 is 2.71 bits per heavy atom. The Balaban J connectivity index is 2.10. The van der Waals surface area contributed by atoms with Gasteiger partial charge in [-0.1, -0.05) is 38.0 Å². The first-order valence-electron chi connectivity index (χ1n) is 8.16. The van der Waals surface area contributed by atoms with Crippen LogP contribution in [0.1, 0.15) is 48.2 Å². The first-order chi connectivity index (χ1) is 10.1. The van der Waals surface area contributed by atoms with Gasteiger partial charge in [-0.15, -0.1) is 0 Å². The normalized spacial score (nSPS) is 22.4. The summed E-state index contributed by atoms with van der Waals surface area (Å²) in [4.78, 5) is 14.8. The SMILES string of the molecule is CCNC1CCN(C(=O)c2ccc(C)cc2C)CC1CC. The van der Waals surface area contributed by atoms with Crippen molar-refractivity contribution in [2.24, 2.45) is 5.92 Å². The molecule has 1 fully saturated rings. The van der Waals surface area contributed by atoms with E-state index in [-0.39, 0.29) is 5.91 Å². The lowest BCUT2D eigenvalue weighted by atomic mass is 9.89. The lowest BCUT2D eigenvalue weighted by Crippen LogP contribution is -2.51. The highest BCUT2D eigenvalue weighted by Crippen LogP contribution is 2.23. The molecule has 3 heteroatoms.